The Morgan fingerprint density at radius 3 is 2.33 bits per heavy atom. The third kappa shape index (κ3) is 4.09. The summed E-state index contributed by atoms with van der Waals surface area (Å²) in [5.74, 6) is -0.469. The van der Waals surface area contributed by atoms with Crippen molar-refractivity contribution in [2.24, 2.45) is 0 Å². The summed E-state index contributed by atoms with van der Waals surface area (Å²) in [5, 5.41) is 13.9. The van der Waals surface area contributed by atoms with Gasteiger partial charge in [0.15, 0.2) is 0 Å². The quantitative estimate of drug-likeness (QED) is 0.517. The van der Waals surface area contributed by atoms with Crippen molar-refractivity contribution >= 4 is 23.2 Å². The predicted molar refractivity (Wildman–Crippen MR) is 111 cm³/mol. The van der Waals surface area contributed by atoms with Crippen molar-refractivity contribution < 1.29 is 9.59 Å². The lowest BCUT2D eigenvalue weighted by Gasteiger charge is -2.13. The molecular weight excluding hydrogens is 382 g/mol. The van der Waals surface area contributed by atoms with E-state index < -0.39 is 6.04 Å². The molecule has 0 radical (unpaired) electrons. The van der Waals surface area contributed by atoms with Crippen molar-refractivity contribution in [1.29, 1.82) is 0 Å². The highest BCUT2D eigenvalue weighted by atomic mass is 16.2. The van der Waals surface area contributed by atoms with Crippen LogP contribution in [0.3, 0.4) is 0 Å². The molecule has 2 aromatic carbocycles. The van der Waals surface area contributed by atoms with E-state index in [2.05, 4.69) is 25.8 Å². The molecule has 9 heteroatoms. The molecule has 0 fully saturated rings. The number of benzene rings is 2. The SMILES string of the molecule is CC(C(=O)Nc1ccc(NC(=O)c2ccccc2-n2cccn2)cc1)n1cncn1. The zero-order valence-corrected chi connectivity index (χ0v) is 16.1. The summed E-state index contributed by atoms with van der Waals surface area (Å²) in [6.45, 7) is 1.73. The lowest BCUT2D eigenvalue weighted by molar-refractivity contribution is -0.119. The van der Waals surface area contributed by atoms with Crippen molar-refractivity contribution in [3.63, 3.8) is 0 Å². The summed E-state index contributed by atoms with van der Waals surface area (Å²) >= 11 is 0. The van der Waals surface area contributed by atoms with Gasteiger partial charge >= 0.3 is 0 Å². The van der Waals surface area contributed by atoms with Crippen LogP contribution in [0.25, 0.3) is 5.69 Å². The van der Waals surface area contributed by atoms with Gasteiger partial charge in [-0.15, -0.1) is 0 Å². The standard InChI is InChI=1S/C21H19N7O2/c1-15(28-14-22-13-24-28)20(29)25-16-7-9-17(10-8-16)26-21(30)18-5-2-3-6-19(18)27-12-4-11-23-27/h2-15H,1H3,(H,25,29)(H,26,30). The lowest BCUT2D eigenvalue weighted by atomic mass is 10.1. The molecule has 1 unspecified atom stereocenters. The van der Waals surface area contributed by atoms with Crippen LogP contribution in [0.15, 0.2) is 79.6 Å². The number of anilines is 2. The van der Waals surface area contributed by atoms with Gasteiger partial charge in [0, 0.05) is 23.8 Å². The molecule has 0 saturated heterocycles. The fourth-order valence-corrected chi connectivity index (χ4v) is 2.90. The molecular formula is C21H19N7O2. The first-order valence-corrected chi connectivity index (χ1v) is 9.27. The Morgan fingerprint density at radius 1 is 0.933 bits per heavy atom. The van der Waals surface area contributed by atoms with Gasteiger partial charge in [0.25, 0.3) is 5.91 Å². The highest BCUT2D eigenvalue weighted by Gasteiger charge is 2.16. The molecule has 4 rings (SSSR count). The molecule has 0 aliphatic heterocycles. The smallest absolute Gasteiger partial charge is 0.257 e. The molecule has 0 aliphatic rings. The number of carbonyl (C=O) groups is 2. The third-order valence-corrected chi connectivity index (χ3v) is 4.52. The maximum atomic E-state index is 12.8. The number of amides is 2. The molecule has 2 heterocycles. The second-order valence-electron chi connectivity index (χ2n) is 6.54. The van der Waals surface area contributed by atoms with Gasteiger partial charge in [0.05, 0.1) is 11.3 Å². The highest BCUT2D eigenvalue weighted by Crippen LogP contribution is 2.19. The van der Waals surface area contributed by atoms with Crippen LogP contribution < -0.4 is 10.6 Å². The Kier molecular flexibility index (Phi) is 5.33. The number of hydrogen-bond donors (Lipinski definition) is 2. The molecule has 0 spiro atoms. The lowest BCUT2D eigenvalue weighted by Crippen LogP contribution is -2.24. The maximum absolute atomic E-state index is 12.8. The number of para-hydroxylation sites is 1. The van der Waals surface area contributed by atoms with Gasteiger partial charge in [-0.25, -0.2) is 14.3 Å². The number of nitrogens with one attached hydrogen (secondary N) is 2. The van der Waals surface area contributed by atoms with Gasteiger partial charge in [-0.05, 0) is 49.4 Å². The van der Waals surface area contributed by atoms with Crippen LogP contribution in [0.1, 0.15) is 23.3 Å². The molecule has 30 heavy (non-hydrogen) atoms. The Hall–Kier alpha value is -4.27. The van der Waals surface area contributed by atoms with Crippen LogP contribution in [-0.2, 0) is 4.79 Å². The van der Waals surface area contributed by atoms with Gasteiger partial charge in [-0.1, -0.05) is 12.1 Å². The number of rotatable bonds is 6. The molecule has 0 aliphatic carbocycles. The van der Waals surface area contributed by atoms with E-state index in [1.165, 1.54) is 17.3 Å². The fourth-order valence-electron chi connectivity index (χ4n) is 2.90. The first-order valence-electron chi connectivity index (χ1n) is 9.27. The molecule has 2 amide bonds. The maximum Gasteiger partial charge on any atom is 0.257 e. The predicted octanol–water partition coefficient (Wildman–Crippen LogP) is 2.92. The van der Waals surface area contributed by atoms with Crippen molar-refractivity contribution in [3.8, 4) is 5.69 Å². The van der Waals surface area contributed by atoms with Crippen LogP contribution in [0.4, 0.5) is 11.4 Å². The van der Waals surface area contributed by atoms with E-state index in [1.54, 1.807) is 66.5 Å². The normalized spacial score (nSPS) is 11.6. The monoisotopic (exact) mass is 401 g/mol. The van der Waals surface area contributed by atoms with E-state index in [4.69, 9.17) is 0 Å². The summed E-state index contributed by atoms with van der Waals surface area (Å²) in [6, 6.07) is 15.4. The average molecular weight is 401 g/mol. The zero-order chi connectivity index (χ0) is 20.9. The Balaban J connectivity index is 1.43. The van der Waals surface area contributed by atoms with Crippen LogP contribution in [-0.4, -0.2) is 36.4 Å². The van der Waals surface area contributed by atoms with E-state index in [-0.39, 0.29) is 11.8 Å². The van der Waals surface area contributed by atoms with Crippen molar-refractivity contribution in [3.05, 3.63) is 85.2 Å². The topological polar surface area (TPSA) is 107 Å². The van der Waals surface area contributed by atoms with Crippen molar-refractivity contribution in [1.82, 2.24) is 24.5 Å². The van der Waals surface area contributed by atoms with E-state index in [0.717, 1.165) is 0 Å². The number of hydrogen-bond acceptors (Lipinski definition) is 5. The Labute approximate surface area is 172 Å². The van der Waals surface area contributed by atoms with Crippen LogP contribution >= 0.6 is 0 Å². The molecule has 1 atom stereocenters. The summed E-state index contributed by atoms with van der Waals surface area (Å²) in [5.41, 5.74) is 2.41. The van der Waals surface area contributed by atoms with Crippen LogP contribution in [0.2, 0.25) is 0 Å². The number of aromatic nitrogens is 5. The zero-order valence-electron chi connectivity index (χ0n) is 16.1. The minimum absolute atomic E-state index is 0.217. The largest absolute Gasteiger partial charge is 0.324 e. The second kappa shape index (κ2) is 8.39. The summed E-state index contributed by atoms with van der Waals surface area (Å²) in [6.07, 6.45) is 6.31. The molecule has 2 aromatic heterocycles. The number of carbonyl (C=O) groups excluding carboxylic acids is 2. The minimum Gasteiger partial charge on any atom is -0.324 e. The summed E-state index contributed by atoms with van der Waals surface area (Å²) < 4.78 is 3.12. The van der Waals surface area contributed by atoms with E-state index >= 15 is 0 Å². The summed E-state index contributed by atoms with van der Waals surface area (Å²) in [7, 11) is 0. The fraction of sp³-hybridized carbons (Fsp3) is 0.0952. The Morgan fingerprint density at radius 2 is 1.67 bits per heavy atom. The van der Waals surface area contributed by atoms with Gasteiger partial charge in [0.1, 0.15) is 18.7 Å². The van der Waals surface area contributed by atoms with Gasteiger partial charge < -0.3 is 10.6 Å². The van der Waals surface area contributed by atoms with Crippen LogP contribution in [0, 0.1) is 0 Å². The highest BCUT2D eigenvalue weighted by molar-refractivity contribution is 6.06. The first kappa shape index (κ1) is 19.1. The third-order valence-electron chi connectivity index (χ3n) is 4.52. The van der Waals surface area contributed by atoms with Gasteiger partial charge in [-0.3, -0.25) is 9.59 Å². The molecule has 4 aromatic rings. The van der Waals surface area contributed by atoms with Crippen molar-refractivity contribution in [2.45, 2.75) is 13.0 Å². The minimum atomic E-state index is -0.495. The van der Waals surface area contributed by atoms with Gasteiger partial charge in [-0.2, -0.15) is 10.2 Å². The van der Waals surface area contributed by atoms with Crippen LogP contribution in [0.5, 0.6) is 0 Å². The van der Waals surface area contributed by atoms with E-state index in [1.807, 2.05) is 12.1 Å². The molecule has 2 N–H and O–H groups in total. The van der Waals surface area contributed by atoms with Gasteiger partial charge in [0.2, 0.25) is 5.91 Å². The molecule has 0 bridgehead atoms. The van der Waals surface area contributed by atoms with E-state index in [9.17, 15) is 9.59 Å². The Bertz CT molecular complexity index is 1140. The number of nitrogens with zero attached hydrogens (tertiary/aromatic N) is 5. The molecule has 150 valence electrons. The molecule has 0 saturated carbocycles. The second-order valence-corrected chi connectivity index (χ2v) is 6.54. The summed E-state index contributed by atoms with van der Waals surface area (Å²) in [4.78, 5) is 29.0. The average Bonchev–Trinajstić information content (AvgIpc) is 3.49. The first-order chi connectivity index (χ1) is 14.6. The van der Waals surface area contributed by atoms with E-state index in [0.29, 0.717) is 22.6 Å². The van der Waals surface area contributed by atoms with Crippen molar-refractivity contribution in [2.75, 3.05) is 10.6 Å². The molecule has 9 nitrogen and oxygen atoms in total.